The summed E-state index contributed by atoms with van der Waals surface area (Å²) in [4.78, 5) is 11.7. The lowest BCUT2D eigenvalue weighted by molar-refractivity contribution is -0.101. The first-order chi connectivity index (χ1) is 8.70. The van der Waals surface area contributed by atoms with Crippen molar-refractivity contribution < 1.29 is 13.9 Å². The fourth-order valence-electron chi connectivity index (χ4n) is 2.15. The maximum absolute atomic E-state index is 14.8. The Morgan fingerprint density at radius 2 is 2.16 bits per heavy atom. The molecule has 1 N–H and O–H groups in total. The molecule has 1 aromatic rings. The van der Waals surface area contributed by atoms with E-state index in [0.29, 0.717) is 12.0 Å². The monoisotopic (exact) mass is 329 g/mol. The van der Waals surface area contributed by atoms with Gasteiger partial charge in [0, 0.05) is 22.0 Å². The fraction of sp³-hybridized carbons (Fsp3) is 0.500. The summed E-state index contributed by atoms with van der Waals surface area (Å²) in [5.74, 6) is -2.02. The molecule has 0 spiro atoms. The minimum atomic E-state index is -2.02. The maximum Gasteiger partial charge on any atom is 0.410 e. The first kappa shape index (κ1) is 14.3. The normalized spacial score (nSPS) is 21.9. The molecule has 5 heteroatoms. The molecule has 104 valence electrons. The highest BCUT2D eigenvalue weighted by molar-refractivity contribution is 9.10. The molecule has 2 rings (SSSR count). The minimum absolute atomic E-state index is 0.163. The Morgan fingerprint density at radius 3 is 2.79 bits per heavy atom. The molecular weight excluding hydrogens is 313 g/mol. The number of alkyl halides is 1. The SMILES string of the molecule is CC(C)(C)NC(=O)OC1(F)CCc2cc(Br)ccc21. The van der Waals surface area contributed by atoms with Gasteiger partial charge < -0.3 is 10.1 Å². The first-order valence-corrected chi connectivity index (χ1v) is 6.98. The van der Waals surface area contributed by atoms with Gasteiger partial charge in [0.25, 0.3) is 5.85 Å². The van der Waals surface area contributed by atoms with Gasteiger partial charge in [-0.05, 0) is 44.9 Å². The Kier molecular flexibility index (Phi) is 3.60. The molecule has 0 saturated carbocycles. The highest BCUT2D eigenvalue weighted by Gasteiger charge is 2.43. The molecule has 0 radical (unpaired) electrons. The number of amides is 1. The lowest BCUT2D eigenvalue weighted by Gasteiger charge is -2.25. The maximum atomic E-state index is 14.8. The number of rotatable bonds is 1. The third-order valence-corrected chi connectivity index (χ3v) is 3.41. The van der Waals surface area contributed by atoms with Crippen LogP contribution in [0.2, 0.25) is 0 Å². The summed E-state index contributed by atoms with van der Waals surface area (Å²) >= 11 is 3.35. The summed E-state index contributed by atoms with van der Waals surface area (Å²) in [6, 6.07) is 5.28. The van der Waals surface area contributed by atoms with Gasteiger partial charge in [-0.15, -0.1) is 0 Å². The Morgan fingerprint density at radius 1 is 1.47 bits per heavy atom. The predicted molar refractivity (Wildman–Crippen MR) is 74.6 cm³/mol. The van der Waals surface area contributed by atoms with E-state index < -0.39 is 17.5 Å². The van der Waals surface area contributed by atoms with Crippen molar-refractivity contribution in [3.8, 4) is 0 Å². The zero-order chi connectivity index (χ0) is 14.3. The zero-order valence-corrected chi connectivity index (χ0v) is 12.8. The molecule has 0 saturated heterocycles. The molecule has 1 aliphatic rings. The molecule has 0 aliphatic heterocycles. The van der Waals surface area contributed by atoms with Crippen LogP contribution >= 0.6 is 15.9 Å². The Bertz CT molecular complexity index is 513. The van der Waals surface area contributed by atoms with Crippen molar-refractivity contribution in [3.63, 3.8) is 0 Å². The van der Waals surface area contributed by atoms with E-state index in [2.05, 4.69) is 21.2 Å². The first-order valence-electron chi connectivity index (χ1n) is 6.19. The standard InChI is InChI=1S/C14H17BrFNO2/c1-13(2,3)17-12(18)19-14(16)7-6-9-8-10(15)4-5-11(9)14/h4-5,8H,6-7H2,1-3H3,(H,17,18). The summed E-state index contributed by atoms with van der Waals surface area (Å²) in [5, 5.41) is 2.60. The molecule has 1 amide bonds. The number of benzene rings is 1. The zero-order valence-electron chi connectivity index (χ0n) is 11.2. The van der Waals surface area contributed by atoms with E-state index in [1.807, 2.05) is 26.8 Å². The van der Waals surface area contributed by atoms with E-state index in [0.717, 1.165) is 10.0 Å². The van der Waals surface area contributed by atoms with Crippen molar-refractivity contribution in [2.45, 2.75) is 45.0 Å². The van der Waals surface area contributed by atoms with Crippen molar-refractivity contribution in [2.24, 2.45) is 0 Å². The average Bonchev–Trinajstić information content (AvgIpc) is 2.52. The highest BCUT2D eigenvalue weighted by Crippen LogP contribution is 2.42. The van der Waals surface area contributed by atoms with Gasteiger partial charge >= 0.3 is 6.09 Å². The largest absolute Gasteiger partial charge is 0.410 e. The minimum Gasteiger partial charge on any atom is -0.408 e. The molecular formula is C14H17BrFNO2. The molecule has 1 atom stereocenters. The van der Waals surface area contributed by atoms with Crippen LogP contribution in [0, 0.1) is 0 Å². The van der Waals surface area contributed by atoms with Crippen LogP contribution in [-0.4, -0.2) is 11.6 Å². The van der Waals surface area contributed by atoms with Crippen molar-refractivity contribution in [3.05, 3.63) is 33.8 Å². The lowest BCUT2D eigenvalue weighted by Crippen LogP contribution is -2.43. The number of nitrogens with one attached hydrogen (secondary N) is 1. The Labute approximate surface area is 120 Å². The van der Waals surface area contributed by atoms with Crippen LogP contribution in [0.3, 0.4) is 0 Å². The van der Waals surface area contributed by atoms with Crippen LogP contribution in [0.25, 0.3) is 0 Å². The third kappa shape index (κ3) is 3.26. The van der Waals surface area contributed by atoms with Gasteiger partial charge in [0.2, 0.25) is 0 Å². The number of carbonyl (C=O) groups excluding carboxylic acids is 1. The van der Waals surface area contributed by atoms with Crippen LogP contribution in [-0.2, 0) is 17.0 Å². The fourth-order valence-corrected chi connectivity index (χ4v) is 2.56. The molecule has 0 fully saturated rings. The molecule has 19 heavy (non-hydrogen) atoms. The van der Waals surface area contributed by atoms with Crippen molar-refractivity contribution in [1.29, 1.82) is 0 Å². The van der Waals surface area contributed by atoms with Crippen molar-refractivity contribution in [1.82, 2.24) is 5.32 Å². The summed E-state index contributed by atoms with van der Waals surface area (Å²) in [7, 11) is 0. The lowest BCUT2D eigenvalue weighted by atomic mass is 10.1. The van der Waals surface area contributed by atoms with Gasteiger partial charge in [-0.3, -0.25) is 0 Å². The van der Waals surface area contributed by atoms with E-state index in [-0.39, 0.29) is 6.42 Å². The van der Waals surface area contributed by atoms with Gasteiger partial charge in [0.1, 0.15) is 0 Å². The van der Waals surface area contributed by atoms with Gasteiger partial charge in [0.05, 0.1) is 0 Å². The second kappa shape index (κ2) is 4.78. The summed E-state index contributed by atoms with van der Waals surface area (Å²) in [6.45, 7) is 5.45. The smallest absolute Gasteiger partial charge is 0.408 e. The number of ether oxygens (including phenoxy) is 1. The third-order valence-electron chi connectivity index (χ3n) is 2.92. The van der Waals surface area contributed by atoms with Crippen LogP contribution in [0.4, 0.5) is 9.18 Å². The molecule has 0 aromatic heterocycles. The van der Waals surface area contributed by atoms with Gasteiger partial charge in [0.15, 0.2) is 0 Å². The van der Waals surface area contributed by atoms with Gasteiger partial charge in [-0.1, -0.05) is 22.0 Å². The molecule has 0 heterocycles. The number of halogens is 2. The number of hydrogen-bond donors (Lipinski definition) is 1. The summed E-state index contributed by atoms with van der Waals surface area (Å²) < 4.78 is 20.7. The van der Waals surface area contributed by atoms with Crippen molar-refractivity contribution in [2.75, 3.05) is 0 Å². The van der Waals surface area contributed by atoms with Crippen LogP contribution in [0.1, 0.15) is 38.3 Å². The summed E-state index contributed by atoms with van der Waals surface area (Å²) in [5.41, 5.74) is 0.870. The topological polar surface area (TPSA) is 38.3 Å². The highest BCUT2D eigenvalue weighted by atomic mass is 79.9. The second-order valence-electron chi connectivity index (χ2n) is 5.79. The van der Waals surface area contributed by atoms with Crippen LogP contribution in [0.15, 0.2) is 22.7 Å². The second-order valence-corrected chi connectivity index (χ2v) is 6.71. The molecule has 3 nitrogen and oxygen atoms in total. The number of alkyl carbamates (subject to hydrolysis) is 1. The van der Waals surface area contributed by atoms with Crippen LogP contribution < -0.4 is 5.32 Å². The Hall–Kier alpha value is -1.10. The number of hydrogen-bond acceptors (Lipinski definition) is 2. The molecule has 0 bridgehead atoms. The number of fused-ring (bicyclic) bond motifs is 1. The number of carbonyl (C=O) groups is 1. The van der Waals surface area contributed by atoms with E-state index in [1.54, 1.807) is 12.1 Å². The Balaban J connectivity index is 2.16. The van der Waals surface area contributed by atoms with Gasteiger partial charge in [-0.2, -0.15) is 4.39 Å². The molecule has 1 aromatic carbocycles. The van der Waals surface area contributed by atoms with E-state index in [1.165, 1.54) is 0 Å². The average molecular weight is 330 g/mol. The quantitative estimate of drug-likeness (QED) is 0.844. The molecule has 1 aliphatic carbocycles. The molecule has 1 unspecified atom stereocenters. The van der Waals surface area contributed by atoms with E-state index in [9.17, 15) is 9.18 Å². The van der Waals surface area contributed by atoms with Crippen molar-refractivity contribution >= 4 is 22.0 Å². The van der Waals surface area contributed by atoms with E-state index >= 15 is 0 Å². The predicted octanol–water partition coefficient (Wildman–Crippen LogP) is 4.04. The van der Waals surface area contributed by atoms with E-state index in [4.69, 9.17) is 4.74 Å². The number of aryl methyl sites for hydroxylation is 1. The summed E-state index contributed by atoms with van der Waals surface area (Å²) in [6.07, 6.45) is -0.00416. The van der Waals surface area contributed by atoms with Crippen LogP contribution in [0.5, 0.6) is 0 Å². The van der Waals surface area contributed by atoms with Gasteiger partial charge in [-0.25, -0.2) is 4.79 Å².